The molecule has 1 unspecified atom stereocenters. The SMILES string of the molecule is CCCNC(Cc1sccc1Br)c1cccc(C)n1. The molecule has 19 heavy (non-hydrogen) atoms. The summed E-state index contributed by atoms with van der Waals surface area (Å²) in [5, 5.41) is 5.73. The van der Waals surface area contributed by atoms with Crippen LogP contribution in [0.25, 0.3) is 0 Å². The Kier molecular flexibility index (Phi) is 5.55. The number of aromatic nitrogens is 1. The first-order chi connectivity index (χ1) is 9.20. The van der Waals surface area contributed by atoms with Crippen LogP contribution in [0.15, 0.2) is 34.1 Å². The van der Waals surface area contributed by atoms with Gasteiger partial charge in [0.15, 0.2) is 0 Å². The monoisotopic (exact) mass is 338 g/mol. The minimum Gasteiger partial charge on any atom is -0.308 e. The first kappa shape index (κ1) is 14.7. The van der Waals surface area contributed by atoms with Crippen LogP contribution in [-0.2, 0) is 6.42 Å². The van der Waals surface area contributed by atoms with Gasteiger partial charge in [-0.25, -0.2) is 0 Å². The number of hydrogen-bond donors (Lipinski definition) is 1. The number of nitrogens with one attached hydrogen (secondary N) is 1. The van der Waals surface area contributed by atoms with Crippen molar-refractivity contribution >= 4 is 27.3 Å². The highest BCUT2D eigenvalue weighted by Gasteiger charge is 2.15. The summed E-state index contributed by atoms with van der Waals surface area (Å²) in [6.45, 7) is 5.25. The van der Waals surface area contributed by atoms with Gasteiger partial charge in [0.1, 0.15) is 0 Å². The van der Waals surface area contributed by atoms with Crippen molar-refractivity contribution in [1.82, 2.24) is 10.3 Å². The molecular formula is C15H19BrN2S. The highest BCUT2D eigenvalue weighted by molar-refractivity contribution is 9.10. The van der Waals surface area contributed by atoms with Crippen molar-refractivity contribution in [3.63, 3.8) is 0 Å². The lowest BCUT2D eigenvalue weighted by atomic mass is 10.1. The van der Waals surface area contributed by atoms with E-state index in [1.807, 2.05) is 13.0 Å². The Bertz CT molecular complexity index is 524. The lowest BCUT2D eigenvalue weighted by Crippen LogP contribution is -2.25. The fourth-order valence-electron chi connectivity index (χ4n) is 2.01. The summed E-state index contributed by atoms with van der Waals surface area (Å²) in [6.07, 6.45) is 2.11. The second-order valence-corrected chi connectivity index (χ2v) is 6.46. The van der Waals surface area contributed by atoms with Crippen LogP contribution in [0, 0.1) is 6.92 Å². The molecule has 2 rings (SSSR count). The van der Waals surface area contributed by atoms with Crippen LogP contribution in [0.3, 0.4) is 0 Å². The van der Waals surface area contributed by atoms with Gasteiger partial charge in [0.05, 0.1) is 11.7 Å². The molecule has 4 heteroatoms. The molecule has 0 aliphatic rings. The highest BCUT2D eigenvalue weighted by atomic mass is 79.9. The average Bonchev–Trinajstić information content (AvgIpc) is 2.80. The van der Waals surface area contributed by atoms with Gasteiger partial charge in [-0.05, 0) is 59.4 Å². The van der Waals surface area contributed by atoms with E-state index < -0.39 is 0 Å². The molecule has 0 aliphatic heterocycles. The molecule has 2 aromatic heterocycles. The van der Waals surface area contributed by atoms with Crippen LogP contribution in [-0.4, -0.2) is 11.5 Å². The summed E-state index contributed by atoms with van der Waals surface area (Å²) in [5.74, 6) is 0. The molecule has 2 aromatic rings. The molecule has 0 fully saturated rings. The molecule has 0 saturated carbocycles. The van der Waals surface area contributed by atoms with Gasteiger partial charge in [0.2, 0.25) is 0 Å². The summed E-state index contributed by atoms with van der Waals surface area (Å²) in [5.41, 5.74) is 2.21. The van der Waals surface area contributed by atoms with E-state index in [1.165, 1.54) is 9.35 Å². The van der Waals surface area contributed by atoms with Crippen LogP contribution in [0.1, 0.15) is 35.7 Å². The Morgan fingerprint density at radius 2 is 2.21 bits per heavy atom. The topological polar surface area (TPSA) is 24.9 Å². The summed E-state index contributed by atoms with van der Waals surface area (Å²) in [4.78, 5) is 6.04. The fraction of sp³-hybridized carbons (Fsp3) is 0.400. The lowest BCUT2D eigenvalue weighted by Gasteiger charge is -2.18. The normalized spacial score (nSPS) is 12.6. The maximum Gasteiger partial charge on any atom is 0.0580 e. The van der Waals surface area contributed by atoms with Crippen molar-refractivity contribution in [3.8, 4) is 0 Å². The predicted octanol–water partition coefficient (Wildman–Crippen LogP) is 4.50. The highest BCUT2D eigenvalue weighted by Crippen LogP contribution is 2.27. The summed E-state index contributed by atoms with van der Waals surface area (Å²) in [7, 11) is 0. The minimum absolute atomic E-state index is 0.287. The van der Waals surface area contributed by atoms with Crippen LogP contribution < -0.4 is 5.32 Å². The molecule has 102 valence electrons. The van der Waals surface area contributed by atoms with E-state index in [-0.39, 0.29) is 6.04 Å². The molecule has 0 saturated heterocycles. The summed E-state index contributed by atoms with van der Waals surface area (Å²) < 4.78 is 1.20. The van der Waals surface area contributed by atoms with E-state index in [1.54, 1.807) is 11.3 Å². The number of pyridine rings is 1. The number of thiophene rings is 1. The quantitative estimate of drug-likeness (QED) is 0.838. The van der Waals surface area contributed by atoms with E-state index in [4.69, 9.17) is 0 Å². The molecule has 1 N–H and O–H groups in total. The zero-order valence-corrected chi connectivity index (χ0v) is 13.7. The Balaban J connectivity index is 2.18. The van der Waals surface area contributed by atoms with Gasteiger partial charge >= 0.3 is 0 Å². The zero-order valence-electron chi connectivity index (χ0n) is 11.3. The van der Waals surface area contributed by atoms with E-state index in [0.29, 0.717) is 0 Å². The minimum atomic E-state index is 0.287. The number of nitrogens with zero attached hydrogens (tertiary/aromatic N) is 1. The van der Waals surface area contributed by atoms with Gasteiger partial charge in [0, 0.05) is 21.5 Å². The molecule has 0 aliphatic carbocycles. The van der Waals surface area contributed by atoms with Gasteiger partial charge in [0.25, 0.3) is 0 Å². The standard InChI is InChI=1S/C15H19BrN2S/c1-3-8-17-14(10-15-12(16)7-9-19-15)13-6-4-5-11(2)18-13/h4-7,9,14,17H,3,8,10H2,1-2H3. The van der Waals surface area contributed by atoms with Gasteiger partial charge in [-0.3, -0.25) is 4.98 Å². The van der Waals surface area contributed by atoms with Crippen LogP contribution in [0.5, 0.6) is 0 Å². The molecule has 0 aromatic carbocycles. The van der Waals surface area contributed by atoms with Crippen molar-refractivity contribution in [2.45, 2.75) is 32.7 Å². The largest absolute Gasteiger partial charge is 0.308 e. The predicted molar refractivity (Wildman–Crippen MR) is 85.7 cm³/mol. The van der Waals surface area contributed by atoms with E-state index >= 15 is 0 Å². The van der Waals surface area contributed by atoms with Crippen molar-refractivity contribution in [1.29, 1.82) is 0 Å². The molecule has 0 amide bonds. The van der Waals surface area contributed by atoms with Gasteiger partial charge in [-0.2, -0.15) is 0 Å². The van der Waals surface area contributed by atoms with Crippen LogP contribution in [0.4, 0.5) is 0 Å². The Morgan fingerprint density at radius 1 is 1.37 bits per heavy atom. The van der Waals surface area contributed by atoms with Gasteiger partial charge < -0.3 is 5.32 Å². The van der Waals surface area contributed by atoms with Gasteiger partial charge in [-0.15, -0.1) is 11.3 Å². The third-order valence-electron chi connectivity index (χ3n) is 2.99. The van der Waals surface area contributed by atoms with Crippen molar-refractivity contribution in [2.24, 2.45) is 0 Å². The number of halogens is 1. The molecule has 0 radical (unpaired) electrons. The molecule has 0 bridgehead atoms. The number of rotatable bonds is 6. The maximum absolute atomic E-state index is 4.66. The zero-order chi connectivity index (χ0) is 13.7. The summed E-state index contributed by atoms with van der Waals surface area (Å²) in [6, 6.07) is 8.64. The van der Waals surface area contributed by atoms with Gasteiger partial charge in [-0.1, -0.05) is 13.0 Å². The van der Waals surface area contributed by atoms with Crippen molar-refractivity contribution in [3.05, 3.63) is 50.4 Å². The molecule has 1 atom stereocenters. The van der Waals surface area contributed by atoms with E-state index in [0.717, 1.165) is 30.8 Å². The third kappa shape index (κ3) is 4.13. The Morgan fingerprint density at radius 3 is 2.84 bits per heavy atom. The molecule has 2 nitrogen and oxygen atoms in total. The van der Waals surface area contributed by atoms with E-state index in [2.05, 4.69) is 56.7 Å². The second-order valence-electron chi connectivity index (χ2n) is 4.61. The maximum atomic E-state index is 4.66. The lowest BCUT2D eigenvalue weighted by molar-refractivity contribution is 0.519. The fourth-order valence-corrected chi connectivity index (χ4v) is 3.58. The third-order valence-corrected chi connectivity index (χ3v) is 4.94. The van der Waals surface area contributed by atoms with Crippen LogP contribution >= 0.6 is 27.3 Å². The van der Waals surface area contributed by atoms with Crippen molar-refractivity contribution < 1.29 is 0 Å². The first-order valence-electron chi connectivity index (χ1n) is 6.59. The second kappa shape index (κ2) is 7.17. The molecular weight excluding hydrogens is 320 g/mol. The number of aryl methyl sites for hydroxylation is 1. The van der Waals surface area contributed by atoms with Crippen molar-refractivity contribution in [2.75, 3.05) is 6.54 Å². The number of hydrogen-bond acceptors (Lipinski definition) is 3. The Hall–Kier alpha value is -0.710. The summed E-state index contributed by atoms with van der Waals surface area (Å²) >= 11 is 5.41. The Labute approximate surface area is 127 Å². The molecule has 2 heterocycles. The molecule has 0 spiro atoms. The van der Waals surface area contributed by atoms with Crippen LogP contribution in [0.2, 0.25) is 0 Å². The van der Waals surface area contributed by atoms with E-state index in [9.17, 15) is 0 Å². The average molecular weight is 339 g/mol. The smallest absolute Gasteiger partial charge is 0.0580 e. The first-order valence-corrected chi connectivity index (χ1v) is 8.26.